The van der Waals surface area contributed by atoms with Gasteiger partial charge in [-0.2, -0.15) is 4.98 Å². The molecule has 0 radical (unpaired) electrons. The summed E-state index contributed by atoms with van der Waals surface area (Å²) >= 11 is 0. The van der Waals surface area contributed by atoms with E-state index in [0.717, 1.165) is 12.2 Å². The molecular formula is C14H12N4O. The topological polar surface area (TPSA) is 63.7 Å². The zero-order chi connectivity index (χ0) is 12.7. The smallest absolute Gasteiger partial charge is 0.250 e. The first kappa shape index (κ1) is 10.5. The summed E-state index contributed by atoms with van der Waals surface area (Å²) in [5.41, 5.74) is 4.15. The third kappa shape index (κ3) is 1.74. The molecule has 0 saturated heterocycles. The Bertz CT molecular complexity index is 750. The van der Waals surface area contributed by atoms with E-state index in [1.54, 1.807) is 6.33 Å². The molecule has 0 fully saturated rings. The van der Waals surface area contributed by atoms with Crippen molar-refractivity contribution in [2.45, 2.75) is 19.3 Å². The van der Waals surface area contributed by atoms with E-state index in [1.165, 1.54) is 30.3 Å². The highest BCUT2D eigenvalue weighted by Crippen LogP contribution is 2.29. The number of imidazole rings is 1. The molecule has 4 rings (SSSR count). The van der Waals surface area contributed by atoms with Gasteiger partial charge >= 0.3 is 0 Å². The van der Waals surface area contributed by atoms with Gasteiger partial charge < -0.3 is 9.72 Å². The Labute approximate surface area is 109 Å². The molecule has 0 bridgehead atoms. The fraction of sp³-hybridized carbons (Fsp3) is 0.214. The predicted octanol–water partition coefficient (Wildman–Crippen LogP) is 2.63. The zero-order valence-electron chi connectivity index (χ0n) is 10.3. The molecule has 0 saturated carbocycles. The second-order valence-electron chi connectivity index (χ2n) is 4.66. The van der Waals surface area contributed by atoms with Crippen LogP contribution >= 0.6 is 0 Å². The molecule has 0 atom stereocenters. The van der Waals surface area contributed by atoms with Gasteiger partial charge in [-0.25, -0.2) is 9.97 Å². The van der Waals surface area contributed by atoms with Crippen molar-refractivity contribution in [3.63, 3.8) is 0 Å². The monoisotopic (exact) mass is 252 g/mol. The van der Waals surface area contributed by atoms with E-state index in [0.29, 0.717) is 17.0 Å². The predicted molar refractivity (Wildman–Crippen MR) is 70.2 cm³/mol. The lowest BCUT2D eigenvalue weighted by Crippen LogP contribution is -1.92. The molecule has 3 aromatic rings. The Morgan fingerprint density at radius 2 is 2.00 bits per heavy atom. The Balaban J connectivity index is 1.73. The van der Waals surface area contributed by atoms with Gasteiger partial charge in [-0.05, 0) is 42.5 Å². The molecule has 19 heavy (non-hydrogen) atoms. The van der Waals surface area contributed by atoms with Crippen LogP contribution in [0.1, 0.15) is 17.5 Å². The highest BCUT2D eigenvalue weighted by atomic mass is 16.5. The summed E-state index contributed by atoms with van der Waals surface area (Å²) < 4.78 is 5.84. The number of nitrogens with one attached hydrogen (secondary N) is 1. The van der Waals surface area contributed by atoms with E-state index in [9.17, 15) is 0 Å². The van der Waals surface area contributed by atoms with Crippen molar-refractivity contribution < 1.29 is 4.74 Å². The number of rotatable bonds is 2. The van der Waals surface area contributed by atoms with Gasteiger partial charge in [0, 0.05) is 0 Å². The highest BCUT2D eigenvalue weighted by molar-refractivity contribution is 5.75. The summed E-state index contributed by atoms with van der Waals surface area (Å²) in [4.78, 5) is 15.4. The number of H-pyrrole nitrogens is 1. The second-order valence-corrected chi connectivity index (χ2v) is 4.66. The summed E-state index contributed by atoms with van der Waals surface area (Å²) in [5, 5.41) is 0. The number of aromatic amines is 1. The standard InChI is InChI=1S/C14H12N4O/c1-2-9-4-5-11(6-10(9)3-1)19-14-12-13(16-7-15-12)17-8-18-14/h4-8H,1-3H2,(H,15,16,17,18). The second kappa shape index (κ2) is 4.05. The van der Waals surface area contributed by atoms with Crippen LogP contribution in [0.25, 0.3) is 11.2 Å². The fourth-order valence-corrected chi connectivity index (χ4v) is 2.54. The molecule has 2 aromatic heterocycles. The minimum Gasteiger partial charge on any atom is -0.437 e. The lowest BCUT2D eigenvalue weighted by Gasteiger charge is -2.06. The lowest BCUT2D eigenvalue weighted by atomic mass is 10.1. The van der Waals surface area contributed by atoms with Crippen LogP contribution in [0.5, 0.6) is 11.6 Å². The van der Waals surface area contributed by atoms with Gasteiger partial charge in [-0.3, -0.25) is 0 Å². The van der Waals surface area contributed by atoms with Crippen molar-refractivity contribution in [3.8, 4) is 11.6 Å². The minimum atomic E-state index is 0.490. The molecule has 0 amide bonds. The molecule has 0 unspecified atom stereocenters. The molecule has 94 valence electrons. The molecular weight excluding hydrogens is 240 g/mol. The zero-order valence-corrected chi connectivity index (χ0v) is 10.3. The van der Waals surface area contributed by atoms with Crippen molar-refractivity contribution >= 4 is 11.2 Å². The summed E-state index contributed by atoms with van der Waals surface area (Å²) in [6.45, 7) is 0. The lowest BCUT2D eigenvalue weighted by molar-refractivity contribution is 0.466. The number of aromatic nitrogens is 4. The maximum atomic E-state index is 5.84. The van der Waals surface area contributed by atoms with E-state index in [1.807, 2.05) is 6.07 Å². The van der Waals surface area contributed by atoms with E-state index in [-0.39, 0.29) is 0 Å². The molecule has 1 aliphatic carbocycles. The number of hydrogen-bond donors (Lipinski definition) is 1. The van der Waals surface area contributed by atoms with Gasteiger partial charge in [-0.1, -0.05) is 6.07 Å². The van der Waals surface area contributed by atoms with Crippen LogP contribution < -0.4 is 4.74 Å². The Morgan fingerprint density at radius 1 is 1.05 bits per heavy atom. The Kier molecular flexibility index (Phi) is 2.24. The van der Waals surface area contributed by atoms with Crippen LogP contribution in [0.4, 0.5) is 0 Å². The van der Waals surface area contributed by atoms with Crippen LogP contribution in [-0.4, -0.2) is 19.9 Å². The maximum absolute atomic E-state index is 5.84. The highest BCUT2D eigenvalue weighted by Gasteiger charge is 2.13. The fourth-order valence-electron chi connectivity index (χ4n) is 2.54. The van der Waals surface area contributed by atoms with E-state index >= 15 is 0 Å². The van der Waals surface area contributed by atoms with Crippen molar-refractivity contribution in [2.24, 2.45) is 0 Å². The van der Waals surface area contributed by atoms with Gasteiger partial charge in [0.05, 0.1) is 6.33 Å². The molecule has 2 heterocycles. The largest absolute Gasteiger partial charge is 0.437 e. The van der Waals surface area contributed by atoms with Gasteiger partial charge in [0.15, 0.2) is 11.2 Å². The minimum absolute atomic E-state index is 0.490. The average molecular weight is 252 g/mol. The first-order valence-corrected chi connectivity index (χ1v) is 6.34. The molecule has 1 N–H and O–H groups in total. The summed E-state index contributed by atoms with van der Waals surface area (Å²) in [7, 11) is 0. The average Bonchev–Trinajstić information content (AvgIpc) is 3.06. The number of nitrogens with zero attached hydrogens (tertiary/aromatic N) is 3. The third-order valence-electron chi connectivity index (χ3n) is 3.47. The maximum Gasteiger partial charge on any atom is 0.250 e. The van der Waals surface area contributed by atoms with E-state index in [4.69, 9.17) is 4.74 Å². The van der Waals surface area contributed by atoms with Crippen LogP contribution in [-0.2, 0) is 12.8 Å². The summed E-state index contributed by atoms with van der Waals surface area (Å²) in [6, 6.07) is 6.23. The molecule has 0 spiro atoms. The van der Waals surface area contributed by atoms with Crippen molar-refractivity contribution in [3.05, 3.63) is 42.0 Å². The number of hydrogen-bond acceptors (Lipinski definition) is 4. The Morgan fingerprint density at radius 3 is 3.00 bits per heavy atom. The number of aryl methyl sites for hydroxylation is 2. The molecule has 5 heteroatoms. The van der Waals surface area contributed by atoms with Crippen molar-refractivity contribution in [2.75, 3.05) is 0 Å². The molecule has 5 nitrogen and oxygen atoms in total. The van der Waals surface area contributed by atoms with Gasteiger partial charge in [-0.15, -0.1) is 0 Å². The van der Waals surface area contributed by atoms with E-state index < -0.39 is 0 Å². The summed E-state index contributed by atoms with van der Waals surface area (Å²) in [5.74, 6) is 1.30. The van der Waals surface area contributed by atoms with Crippen LogP contribution in [0.15, 0.2) is 30.9 Å². The first-order chi connectivity index (χ1) is 9.40. The third-order valence-corrected chi connectivity index (χ3v) is 3.47. The first-order valence-electron chi connectivity index (χ1n) is 6.34. The van der Waals surface area contributed by atoms with Crippen molar-refractivity contribution in [1.29, 1.82) is 0 Å². The number of fused-ring (bicyclic) bond motifs is 2. The molecule has 1 aromatic carbocycles. The van der Waals surface area contributed by atoms with Gasteiger partial charge in [0.25, 0.3) is 5.88 Å². The SMILES string of the molecule is c1nc(Oc2ccc3c(c2)CCC3)c2nc[nH]c2n1. The van der Waals surface area contributed by atoms with Gasteiger partial charge in [0.1, 0.15) is 12.1 Å². The van der Waals surface area contributed by atoms with E-state index in [2.05, 4.69) is 32.1 Å². The van der Waals surface area contributed by atoms with Crippen LogP contribution in [0.3, 0.4) is 0 Å². The normalized spacial score (nSPS) is 13.7. The molecule has 1 aliphatic rings. The Hall–Kier alpha value is -2.43. The summed E-state index contributed by atoms with van der Waals surface area (Å²) in [6.07, 6.45) is 6.61. The quantitative estimate of drug-likeness (QED) is 0.761. The number of benzene rings is 1. The van der Waals surface area contributed by atoms with Gasteiger partial charge in [0.2, 0.25) is 0 Å². The van der Waals surface area contributed by atoms with Crippen LogP contribution in [0, 0.1) is 0 Å². The van der Waals surface area contributed by atoms with Crippen LogP contribution in [0.2, 0.25) is 0 Å². The molecule has 0 aliphatic heterocycles. The van der Waals surface area contributed by atoms with Crippen molar-refractivity contribution in [1.82, 2.24) is 19.9 Å². The number of ether oxygens (including phenoxy) is 1.